The lowest BCUT2D eigenvalue weighted by Crippen LogP contribution is -2.00. The highest BCUT2D eigenvalue weighted by molar-refractivity contribution is 5.75. The molecule has 1 aromatic rings. The van der Waals surface area contributed by atoms with Gasteiger partial charge < -0.3 is 4.74 Å². The minimum absolute atomic E-state index is 0.349. The Balaban J connectivity index is 2.24. The molecule has 0 radical (unpaired) electrons. The molecule has 68 valence electrons. The molecule has 0 aliphatic heterocycles. The van der Waals surface area contributed by atoms with Crippen molar-refractivity contribution in [2.24, 2.45) is 0 Å². The van der Waals surface area contributed by atoms with Gasteiger partial charge in [-0.05, 0) is 25.8 Å². The first-order valence-electron chi connectivity index (χ1n) is 4.38. The Bertz CT molecular complexity index is 332. The standard InChI is InChI=1S/C10H11NO2/c1-7-10(13-9-2-3-9)4-8(6-12)5-11-7/h4-6,9H,2-3H2,1H3. The van der Waals surface area contributed by atoms with Crippen LogP contribution in [0, 0.1) is 6.92 Å². The Morgan fingerprint density at radius 2 is 2.38 bits per heavy atom. The van der Waals surface area contributed by atoms with Crippen LogP contribution in [0.3, 0.4) is 0 Å². The smallest absolute Gasteiger partial charge is 0.151 e. The SMILES string of the molecule is Cc1ncc(C=O)cc1OC1CC1. The number of hydrogen-bond donors (Lipinski definition) is 0. The Morgan fingerprint density at radius 3 is 3.00 bits per heavy atom. The molecule has 0 bridgehead atoms. The van der Waals surface area contributed by atoms with E-state index in [1.54, 1.807) is 12.3 Å². The van der Waals surface area contributed by atoms with E-state index in [2.05, 4.69) is 4.98 Å². The summed E-state index contributed by atoms with van der Waals surface area (Å²) >= 11 is 0. The molecule has 0 atom stereocenters. The third kappa shape index (κ3) is 1.86. The average Bonchev–Trinajstić information content (AvgIpc) is 2.93. The van der Waals surface area contributed by atoms with Crippen LogP contribution in [-0.4, -0.2) is 17.4 Å². The second-order valence-corrected chi connectivity index (χ2v) is 3.29. The third-order valence-electron chi connectivity index (χ3n) is 2.02. The van der Waals surface area contributed by atoms with Gasteiger partial charge in [0.1, 0.15) is 5.75 Å². The first-order chi connectivity index (χ1) is 6.29. The van der Waals surface area contributed by atoms with Crippen LogP contribution < -0.4 is 4.74 Å². The topological polar surface area (TPSA) is 39.2 Å². The summed E-state index contributed by atoms with van der Waals surface area (Å²) in [5, 5.41) is 0. The summed E-state index contributed by atoms with van der Waals surface area (Å²) < 4.78 is 5.58. The molecule has 0 saturated heterocycles. The van der Waals surface area contributed by atoms with Gasteiger partial charge >= 0.3 is 0 Å². The molecule has 0 amide bonds. The fraction of sp³-hybridized carbons (Fsp3) is 0.400. The van der Waals surface area contributed by atoms with Crippen molar-refractivity contribution < 1.29 is 9.53 Å². The molecule has 3 heteroatoms. The van der Waals surface area contributed by atoms with E-state index in [4.69, 9.17) is 4.74 Å². The number of pyridine rings is 1. The molecule has 13 heavy (non-hydrogen) atoms. The average molecular weight is 177 g/mol. The first-order valence-corrected chi connectivity index (χ1v) is 4.38. The number of hydrogen-bond acceptors (Lipinski definition) is 3. The highest BCUT2D eigenvalue weighted by Gasteiger charge is 2.24. The summed E-state index contributed by atoms with van der Waals surface area (Å²) in [6.45, 7) is 1.88. The summed E-state index contributed by atoms with van der Waals surface area (Å²) in [4.78, 5) is 14.6. The van der Waals surface area contributed by atoms with Gasteiger partial charge in [0.05, 0.1) is 11.8 Å². The third-order valence-corrected chi connectivity index (χ3v) is 2.02. The Morgan fingerprint density at radius 1 is 1.62 bits per heavy atom. The van der Waals surface area contributed by atoms with E-state index < -0.39 is 0 Å². The number of aromatic nitrogens is 1. The number of carbonyl (C=O) groups is 1. The van der Waals surface area contributed by atoms with Crippen molar-refractivity contribution in [3.8, 4) is 5.75 Å². The fourth-order valence-electron chi connectivity index (χ4n) is 1.08. The molecule has 1 heterocycles. The molecule has 1 aliphatic rings. The highest BCUT2D eigenvalue weighted by Crippen LogP contribution is 2.28. The maximum Gasteiger partial charge on any atom is 0.151 e. The Kier molecular flexibility index (Phi) is 2.00. The normalized spacial score (nSPS) is 15.5. The predicted molar refractivity (Wildman–Crippen MR) is 48.0 cm³/mol. The monoisotopic (exact) mass is 177 g/mol. The van der Waals surface area contributed by atoms with Gasteiger partial charge in [-0.1, -0.05) is 0 Å². The lowest BCUT2D eigenvalue weighted by molar-refractivity contribution is 0.112. The minimum atomic E-state index is 0.349. The van der Waals surface area contributed by atoms with Crippen molar-refractivity contribution in [1.29, 1.82) is 0 Å². The quantitative estimate of drug-likeness (QED) is 0.660. The van der Waals surface area contributed by atoms with Gasteiger partial charge in [0.15, 0.2) is 6.29 Å². The fourth-order valence-corrected chi connectivity index (χ4v) is 1.08. The molecular formula is C10H11NO2. The second kappa shape index (κ2) is 3.17. The molecule has 2 rings (SSSR count). The molecule has 0 aromatic carbocycles. The Hall–Kier alpha value is -1.38. The van der Waals surface area contributed by atoms with Crippen molar-refractivity contribution in [2.45, 2.75) is 25.9 Å². The number of ether oxygens (including phenoxy) is 1. The summed E-state index contributed by atoms with van der Waals surface area (Å²) in [5.74, 6) is 0.743. The largest absolute Gasteiger partial charge is 0.489 e. The second-order valence-electron chi connectivity index (χ2n) is 3.29. The number of carbonyl (C=O) groups excluding carboxylic acids is 1. The van der Waals surface area contributed by atoms with Crippen LogP contribution in [-0.2, 0) is 0 Å². The van der Waals surface area contributed by atoms with Gasteiger partial charge in [-0.3, -0.25) is 9.78 Å². The maximum absolute atomic E-state index is 10.5. The summed E-state index contributed by atoms with van der Waals surface area (Å²) in [5.41, 5.74) is 1.42. The molecule has 0 spiro atoms. The van der Waals surface area contributed by atoms with Crippen LogP contribution in [0.25, 0.3) is 0 Å². The van der Waals surface area contributed by atoms with E-state index in [-0.39, 0.29) is 0 Å². The molecule has 0 N–H and O–H groups in total. The van der Waals surface area contributed by atoms with E-state index in [1.165, 1.54) is 0 Å². The number of nitrogens with zero attached hydrogens (tertiary/aromatic N) is 1. The summed E-state index contributed by atoms with van der Waals surface area (Å²) in [6.07, 6.45) is 4.92. The van der Waals surface area contributed by atoms with Crippen molar-refractivity contribution >= 4 is 6.29 Å². The van der Waals surface area contributed by atoms with Gasteiger partial charge in [0.25, 0.3) is 0 Å². The van der Waals surface area contributed by atoms with E-state index in [0.29, 0.717) is 11.7 Å². The highest BCUT2D eigenvalue weighted by atomic mass is 16.5. The van der Waals surface area contributed by atoms with E-state index in [9.17, 15) is 4.79 Å². The molecule has 1 fully saturated rings. The zero-order valence-electron chi connectivity index (χ0n) is 7.49. The van der Waals surface area contributed by atoms with Crippen LogP contribution in [0.5, 0.6) is 5.75 Å². The van der Waals surface area contributed by atoms with Gasteiger partial charge in [-0.15, -0.1) is 0 Å². The van der Waals surface area contributed by atoms with Gasteiger partial charge in [-0.2, -0.15) is 0 Å². The van der Waals surface area contributed by atoms with Crippen LogP contribution in [0.2, 0.25) is 0 Å². The summed E-state index contributed by atoms with van der Waals surface area (Å²) in [7, 11) is 0. The van der Waals surface area contributed by atoms with Crippen molar-refractivity contribution in [1.82, 2.24) is 4.98 Å². The molecule has 1 aliphatic carbocycles. The van der Waals surface area contributed by atoms with Crippen molar-refractivity contribution in [3.05, 3.63) is 23.5 Å². The van der Waals surface area contributed by atoms with Crippen LogP contribution >= 0.6 is 0 Å². The molecule has 3 nitrogen and oxygen atoms in total. The van der Waals surface area contributed by atoms with Crippen molar-refractivity contribution in [3.63, 3.8) is 0 Å². The van der Waals surface area contributed by atoms with Gasteiger partial charge in [0.2, 0.25) is 0 Å². The molecule has 1 aromatic heterocycles. The van der Waals surface area contributed by atoms with E-state index >= 15 is 0 Å². The first kappa shape index (κ1) is 8.23. The van der Waals surface area contributed by atoms with Gasteiger partial charge in [0, 0.05) is 11.8 Å². The zero-order valence-corrected chi connectivity index (χ0v) is 7.49. The van der Waals surface area contributed by atoms with E-state index in [1.807, 2.05) is 6.92 Å². The molecule has 0 unspecified atom stereocenters. The number of aldehydes is 1. The number of aryl methyl sites for hydroxylation is 1. The Labute approximate surface area is 76.7 Å². The lowest BCUT2D eigenvalue weighted by Gasteiger charge is -2.06. The maximum atomic E-state index is 10.5. The molecular weight excluding hydrogens is 166 g/mol. The van der Waals surface area contributed by atoms with Crippen molar-refractivity contribution in [2.75, 3.05) is 0 Å². The minimum Gasteiger partial charge on any atom is -0.489 e. The predicted octanol–water partition coefficient (Wildman–Crippen LogP) is 1.74. The summed E-state index contributed by atoms with van der Waals surface area (Å²) in [6, 6.07) is 1.74. The van der Waals surface area contributed by atoms with Crippen LogP contribution in [0.15, 0.2) is 12.3 Å². The van der Waals surface area contributed by atoms with Crippen LogP contribution in [0.4, 0.5) is 0 Å². The van der Waals surface area contributed by atoms with E-state index in [0.717, 1.165) is 30.6 Å². The van der Waals surface area contributed by atoms with Gasteiger partial charge in [-0.25, -0.2) is 0 Å². The number of rotatable bonds is 3. The molecule has 1 saturated carbocycles. The van der Waals surface area contributed by atoms with Crippen LogP contribution in [0.1, 0.15) is 28.9 Å². The lowest BCUT2D eigenvalue weighted by atomic mass is 10.2. The zero-order chi connectivity index (χ0) is 9.26.